The molecule has 188 valence electrons. The number of carbonyl (C=O) groups excluding carboxylic acids is 2. The molecule has 1 saturated heterocycles. The first-order valence-electron chi connectivity index (χ1n) is 11.4. The molecule has 1 heterocycles. The lowest BCUT2D eigenvalue weighted by molar-refractivity contribution is 0.208. The van der Waals surface area contributed by atoms with Gasteiger partial charge in [-0.3, -0.25) is 0 Å². The van der Waals surface area contributed by atoms with E-state index in [4.69, 9.17) is 27.9 Å². The third-order valence-corrected chi connectivity index (χ3v) is 6.47. The summed E-state index contributed by atoms with van der Waals surface area (Å²) in [7, 11) is 1.52. The molecule has 36 heavy (non-hydrogen) atoms. The predicted molar refractivity (Wildman–Crippen MR) is 146 cm³/mol. The number of benzene rings is 3. The molecule has 3 aromatic rings. The third kappa shape index (κ3) is 6.13. The van der Waals surface area contributed by atoms with Crippen molar-refractivity contribution in [2.45, 2.75) is 6.92 Å². The standard InChI is InChI=1S/C26H27Cl2N5O3/c1-17-4-3-5-21(28)24(17)31-26(35)33-14-12-32(13-15-33)20-9-7-19(8-10-20)29-25(34)30-22-16-18(27)6-11-23(22)36-2/h3-11,16H,12-15H2,1-2H3,(H,31,35)(H2,29,30,34). The number of anilines is 4. The van der Waals surface area contributed by atoms with E-state index in [1.165, 1.54) is 7.11 Å². The van der Waals surface area contributed by atoms with Crippen LogP contribution in [-0.4, -0.2) is 50.3 Å². The summed E-state index contributed by atoms with van der Waals surface area (Å²) in [5.41, 5.74) is 3.70. The van der Waals surface area contributed by atoms with Gasteiger partial charge < -0.3 is 30.5 Å². The van der Waals surface area contributed by atoms with Crippen LogP contribution in [0.5, 0.6) is 5.75 Å². The number of hydrogen-bond donors (Lipinski definition) is 3. The Kier molecular flexibility index (Phi) is 8.07. The Balaban J connectivity index is 1.29. The van der Waals surface area contributed by atoms with Crippen molar-refractivity contribution in [1.82, 2.24) is 4.90 Å². The molecule has 0 bridgehead atoms. The second-order valence-corrected chi connectivity index (χ2v) is 9.15. The molecule has 0 aliphatic carbocycles. The number of nitrogens with zero attached hydrogens (tertiary/aromatic N) is 2. The molecule has 0 atom stereocenters. The number of ether oxygens (including phenoxy) is 1. The molecule has 3 aromatic carbocycles. The van der Waals surface area contributed by atoms with Crippen LogP contribution in [0.25, 0.3) is 0 Å². The highest BCUT2D eigenvalue weighted by molar-refractivity contribution is 6.34. The van der Waals surface area contributed by atoms with E-state index < -0.39 is 6.03 Å². The van der Waals surface area contributed by atoms with E-state index in [-0.39, 0.29) is 6.03 Å². The zero-order chi connectivity index (χ0) is 25.7. The summed E-state index contributed by atoms with van der Waals surface area (Å²) in [6.07, 6.45) is 0. The SMILES string of the molecule is COc1ccc(Cl)cc1NC(=O)Nc1ccc(N2CCN(C(=O)Nc3c(C)cccc3Cl)CC2)cc1. The minimum absolute atomic E-state index is 0.159. The van der Waals surface area contributed by atoms with E-state index in [0.29, 0.717) is 59.0 Å². The van der Waals surface area contributed by atoms with Crippen LogP contribution in [0.2, 0.25) is 10.0 Å². The van der Waals surface area contributed by atoms with Gasteiger partial charge >= 0.3 is 12.1 Å². The van der Waals surface area contributed by atoms with Gasteiger partial charge in [-0.05, 0) is 61.0 Å². The molecule has 0 radical (unpaired) electrons. The van der Waals surface area contributed by atoms with Gasteiger partial charge in [0, 0.05) is 42.6 Å². The number of methoxy groups -OCH3 is 1. The fourth-order valence-corrected chi connectivity index (χ4v) is 4.40. The molecule has 1 aliphatic rings. The van der Waals surface area contributed by atoms with Crippen LogP contribution in [0, 0.1) is 6.92 Å². The second-order valence-electron chi connectivity index (χ2n) is 8.31. The summed E-state index contributed by atoms with van der Waals surface area (Å²) < 4.78 is 5.26. The van der Waals surface area contributed by atoms with E-state index in [1.807, 2.05) is 43.3 Å². The van der Waals surface area contributed by atoms with E-state index in [2.05, 4.69) is 20.9 Å². The number of halogens is 2. The lowest BCUT2D eigenvalue weighted by atomic mass is 10.2. The number of carbonyl (C=O) groups is 2. The quantitative estimate of drug-likeness (QED) is 0.363. The average Bonchev–Trinajstić information content (AvgIpc) is 2.87. The number of aryl methyl sites for hydroxylation is 1. The lowest BCUT2D eigenvalue weighted by Crippen LogP contribution is -2.50. The van der Waals surface area contributed by atoms with Gasteiger partial charge in [0.1, 0.15) is 5.75 Å². The lowest BCUT2D eigenvalue weighted by Gasteiger charge is -2.36. The monoisotopic (exact) mass is 527 g/mol. The number of rotatable bonds is 5. The molecule has 0 unspecified atom stereocenters. The number of amides is 4. The van der Waals surface area contributed by atoms with Gasteiger partial charge in [0.05, 0.1) is 23.5 Å². The van der Waals surface area contributed by atoms with Crippen LogP contribution in [0.3, 0.4) is 0 Å². The number of hydrogen-bond acceptors (Lipinski definition) is 4. The molecular weight excluding hydrogens is 501 g/mol. The Morgan fingerprint density at radius 2 is 1.61 bits per heavy atom. The van der Waals surface area contributed by atoms with Crippen molar-refractivity contribution in [3.05, 3.63) is 76.3 Å². The van der Waals surface area contributed by atoms with Crippen LogP contribution in [0.4, 0.5) is 32.3 Å². The molecule has 4 rings (SSSR count). The van der Waals surface area contributed by atoms with Gasteiger partial charge in [0.15, 0.2) is 0 Å². The summed E-state index contributed by atoms with van der Waals surface area (Å²) in [5, 5.41) is 9.50. The van der Waals surface area contributed by atoms with Crippen molar-refractivity contribution in [2.24, 2.45) is 0 Å². The van der Waals surface area contributed by atoms with E-state index in [1.54, 1.807) is 29.2 Å². The molecule has 1 fully saturated rings. The summed E-state index contributed by atoms with van der Waals surface area (Å²) in [6, 6.07) is 17.5. The zero-order valence-corrected chi connectivity index (χ0v) is 21.5. The molecule has 3 N–H and O–H groups in total. The van der Waals surface area contributed by atoms with Crippen LogP contribution in [-0.2, 0) is 0 Å². The average molecular weight is 528 g/mol. The van der Waals surface area contributed by atoms with E-state index in [0.717, 1.165) is 11.3 Å². The van der Waals surface area contributed by atoms with E-state index in [9.17, 15) is 9.59 Å². The maximum Gasteiger partial charge on any atom is 0.323 e. The first kappa shape index (κ1) is 25.5. The van der Waals surface area contributed by atoms with Gasteiger partial charge in [0.25, 0.3) is 0 Å². The number of urea groups is 2. The van der Waals surface area contributed by atoms with Crippen LogP contribution < -0.4 is 25.6 Å². The van der Waals surface area contributed by atoms with Crippen molar-refractivity contribution in [3.8, 4) is 5.75 Å². The van der Waals surface area contributed by atoms with E-state index >= 15 is 0 Å². The van der Waals surface area contributed by atoms with Crippen molar-refractivity contribution >= 4 is 58.0 Å². The van der Waals surface area contributed by atoms with Crippen LogP contribution in [0.15, 0.2) is 60.7 Å². The molecule has 1 aliphatic heterocycles. The third-order valence-electron chi connectivity index (χ3n) is 5.92. The molecule has 0 saturated carbocycles. The predicted octanol–water partition coefficient (Wildman–Crippen LogP) is 6.31. The first-order valence-corrected chi connectivity index (χ1v) is 12.2. The summed E-state index contributed by atoms with van der Waals surface area (Å²) in [4.78, 5) is 29.1. The minimum Gasteiger partial charge on any atom is -0.495 e. The van der Waals surface area contributed by atoms with Crippen molar-refractivity contribution in [1.29, 1.82) is 0 Å². The molecule has 8 nitrogen and oxygen atoms in total. The molecule has 0 spiro atoms. The topological polar surface area (TPSA) is 85.9 Å². The van der Waals surface area contributed by atoms with Crippen molar-refractivity contribution < 1.29 is 14.3 Å². The Bertz CT molecular complexity index is 1220. The molecule has 10 heteroatoms. The fraction of sp³-hybridized carbons (Fsp3) is 0.231. The van der Waals surface area contributed by atoms with Gasteiger partial charge in [0.2, 0.25) is 0 Å². The number of piperazine rings is 1. The highest BCUT2D eigenvalue weighted by Crippen LogP contribution is 2.28. The number of nitrogens with one attached hydrogen (secondary N) is 3. The Morgan fingerprint density at radius 1 is 0.889 bits per heavy atom. The van der Waals surface area contributed by atoms with Gasteiger partial charge in [-0.2, -0.15) is 0 Å². The Labute approximate surface area is 220 Å². The summed E-state index contributed by atoms with van der Waals surface area (Å²) in [6.45, 7) is 4.46. The van der Waals surface area contributed by atoms with Gasteiger partial charge in [-0.1, -0.05) is 35.3 Å². The highest BCUT2D eigenvalue weighted by atomic mass is 35.5. The molecular formula is C26H27Cl2N5O3. The number of para-hydroxylation sites is 1. The second kappa shape index (κ2) is 11.4. The molecule has 0 aromatic heterocycles. The summed E-state index contributed by atoms with van der Waals surface area (Å²) in [5.74, 6) is 0.514. The Hall–Kier alpha value is -3.62. The zero-order valence-electron chi connectivity index (χ0n) is 20.0. The van der Waals surface area contributed by atoms with Crippen LogP contribution >= 0.6 is 23.2 Å². The maximum absolute atomic E-state index is 12.7. The summed E-state index contributed by atoms with van der Waals surface area (Å²) >= 11 is 12.3. The first-order chi connectivity index (χ1) is 17.3. The van der Waals surface area contributed by atoms with Crippen molar-refractivity contribution in [3.63, 3.8) is 0 Å². The van der Waals surface area contributed by atoms with Crippen LogP contribution in [0.1, 0.15) is 5.56 Å². The maximum atomic E-state index is 12.7. The fourth-order valence-electron chi connectivity index (χ4n) is 3.96. The smallest absolute Gasteiger partial charge is 0.323 e. The Morgan fingerprint density at radius 3 is 2.28 bits per heavy atom. The normalized spacial score (nSPS) is 13.2. The minimum atomic E-state index is -0.406. The van der Waals surface area contributed by atoms with Gasteiger partial charge in [-0.25, -0.2) is 9.59 Å². The largest absolute Gasteiger partial charge is 0.495 e. The van der Waals surface area contributed by atoms with Gasteiger partial charge in [-0.15, -0.1) is 0 Å². The van der Waals surface area contributed by atoms with Crippen molar-refractivity contribution in [2.75, 3.05) is 54.1 Å². The molecule has 4 amide bonds. The highest BCUT2D eigenvalue weighted by Gasteiger charge is 2.22.